The van der Waals surface area contributed by atoms with E-state index in [2.05, 4.69) is 4.74 Å². The highest BCUT2D eigenvalue weighted by Crippen LogP contribution is 2.48. The van der Waals surface area contributed by atoms with Gasteiger partial charge in [0.1, 0.15) is 42.0 Å². The number of aliphatic hydroxyl groups excluding tert-OH is 1. The number of esters is 3. The number of cyclic esters (lactones) is 2. The molecule has 0 bridgehead atoms. The van der Waals surface area contributed by atoms with E-state index in [-0.39, 0.29) is 51.8 Å². The van der Waals surface area contributed by atoms with Crippen LogP contribution in [0.2, 0.25) is 0 Å². The van der Waals surface area contributed by atoms with E-state index in [1.165, 1.54) is 53.2 Å². The summed E-state index contributed by atoms with van der Waals surface area (Å²) in [6, 6.07) is 5.01. The van der Waals surface area contributed by atoms with E-state index < -0.39 is 107 Å². The third-order valence-electron chi connectivity index (χ3n) is 10.0. The number of carbonyl (C=O) groups is 6. The second-order valence-electron chi connectivity index (χ2n) is 13.2. The Balaban J connectivity index is 1.25. The van der Waals surface area contributed by atoms with Crippen molar-refractivity contribution in [2.45, 2.75) is 81.9 Å². The number of hydrogen-bond acceptors (Lipinski definition) is 16. The van der Waals surface area contributed by atoms with Crippen LogP contribution in [-0.4, -0.2) is 119 Å². The number of benzene rings is 2. The SMILES string of the molecule is COC1[C@H](CO[C@@H]2c3c(cc4c(c3O)C(=O)c3c(O)cccc3C4=O)C(=O)[C@@](C)(O)[C@H]2OC)OC(C)[C@H](OC(=O)CCC2=C(C)C(=O)OC2=O)[C@@H]1O. The Morgan fingerprint density at radius 2 is 1.65 bits per heavy atom. The number of phenols is 2. The number of hydrogen-bond donors (Lipinski definition) is 4. The molecule has 16 nitrogen and oxygen atoms in total. The van der Waals surface area contributed by atoms with E-state index in [1.807, 2.05) is 0 Å². The molecule has 6 rings (SSSR count). The standard InChI is InChI=1S/C36H36O16/c1-13-15(35(45)52-34(13)44)9-10-21(38)51-29-14(2)50-20(30(47-4)28(29)42)12-49-31-24-18(32(43)36(3,46)33(31)48-5)11-17-23(27(24)41)26(40)22-16(25(17)39)7-6-8-19(22)37/h6-8,11,14,20,28-31,33,37,41-42,46H,9-10,12H2,1-5H3/t14?,20-,28-,29-,30?,31+,33-,36+/m0/s1. The normalized spacial score (nSPS) is 29.8. The van der Waals surface area contributed by atoms with Gasteiger partial charge >= 0.3 is 17.9 Å². The van der Waals surface area contributed by atoms with Crippen LogP contribution in [0.5, 0.6) is 11.5 Å². The highest BCUT2D eigenvalue weighted by atomic mass is 16.6. The van der Waals surface area contributed by atoms with Crippen LogP contribution in [0.4, 0.5) is 0 Å². The van der Waals surface area contributed by atoms with Crippen molar-refractivity contribution in [3.63, 3.8) is 0 Å². The maximum Gasteiger partial charge on any atom is 0.342 e. The van der Waals surface area contributed by atoms with Crippen LogP contribution < -0.4 is 0 Å². The van der Waals surface area contributed by atoms with Gasteiger partial charge in [-0.3, -0.25) is 19.2 Å². The van der Waals surface area contributed by atoms with E-state index in [4.69, 9.17) is 23.7 Å². The van der Waals surface area contributed by atoms with Crippen LogP contribution >= 0.6 is 0 Å². The number of fused-ring (bicyclic) bond motifs is 3. The van der Waals surface area contributed by atoms with E-state index in [0.29, 0.717) is 0 Å². The van der Waals surface area contributed by atoms with Gasteiger partial charge in [-0.15, -0.1) is 0 Å². The first-order valence-corrected chi connectivity index (χ1v) is 16.3. The quantitative estimate of drug-likeness (QED) is 0.179. The molecule has 2 unspecified atom stereocenters. The molecule has 4 aliphatic rings. The number of ketones is 3. The van der Waals surface area contributed by atoms with Gasteiger partial charge in [-0.25, -0.2) is 9.59 Å². The zero-order chi connectivity index (χ0) is 38.0. The molecule has 0 radical (unpaired) electrons. The predicted octanol–water partition coefficient (Wildman–Crippen LogP) is 1.15. The predicted molar refractivity (Wildman–Crippen MR) is 172 cm³/mol. The molecule has 1 saturated heterocycles. The van der Waals surface area contributed by atoms with E-state index in [1.54, 1.807) is 0 Å². The zero-order valence-corrected chi connectivity index (χ0v) is 28.7. The van der Waals surface area contributed by atoms with Crippen molar-refractivity contribution < 1.29 is 77.6 Å². The van der Waals surface area contributed by atoms with Crippen LogP contribution in [0.25, 0.3) is 0 Å². The van der Waals surface area contributed by atoms with Gasteiger partial charge in [0, 0.05) is 54.0 Å². The Morgan fingerprint density at radius 3 is 2.29 bits per heavy atom. The molecule has 52 heavy (non-hydrogen) atoms. The van der Waals surface area contributed by atoms with Gasteiger partial charge in [0.05, 0.1) is 23.8 Å². The minimum atomic E-state index is -2.26. The number of ether oxygens (including phenoxy) is 6. The summed E-state index contributed by atoms with van der Waals surface area (Å²) < 4.78 is 33.3. The molecule has 4 N–H and O–H groups in total. The van der Waals surface area contributed by atoms with Crippen molar-refractivity contribution >= 4 is 35.3 Å². The second-order valence-corrected chi connectivity index (χ2v) is 13.2. The maximum absolute atomic E-state index is 13.7. The van der Waals surface area contributed by atoms with Gasteiger partial charge in [0.2, 0.25) is 5.78 Å². The molecular weight excluding hydrogens is 688 g/mol. The third kappa shape index (κ3) is 5.81. The molecular formula is C36H36O16. The molecule has 2 aliphatic carbocycles. The Kier molecular flexibility index (Phi) is 9.67. The monoisotopic (exact) mass is 724 g/mol. The molecule has 2 aromatic carbocycles. The summed E-state index contributed by atoms with van der Waals surface area (Å²) in [4.78, 5) is 77.0. The van der Waals surface area contributed by atoms with Crippen molar-refractivity contribution in [2.75, 3.05) is 20.8 Å². The Bertz CT molecular complexity index is 1940. The van der Waals surface area contributed by atoms with Crippen molar-refractivity contribution in [1.29, 1.82) is 0 Å². The van der Waals surface area contributed by atoms with Gasteiger partial charge in [0.15, 0.2) is 23.3 Å². The Morgan fingerprint density at radius 1 is 0.942 bits per heavy atom. The molecule has 0 amide bonds. The fraction of sp³-hybridized carbons (Fsp3) is 0.444. The van der Waals surface area contributed by atoms with Gasteiger partial charge in [-0.2, -0.15) is 0 Å². The average molecular weight is 725 g/mol. The molecule has 0 aromatic heterocycles. The van der Waals surface area contributed by atoms with Gasteiger partial charge < -0.3 is 48.8 Å². The fourth-order valence-electron chi connectivity index (χ4n) is 7.31. The minimum absolute atomic E-state index is 0.0484. The molecule has 0 saturated carbocycles. The van der Waals surface area contributed by atoms with E-state index >= 15 is 0 Å². The lowest BCUT2D eigenvalue weighted by Gasteiger charge is -2.45. The van der Waals surface area contributed by atoms with Crippen LogP contribution in [0, 0.1) is 0 Å². The molecule has 0 spiro atoms. The van der Waals surface area contributed by atoms with Gasteiger partial charge in [-0.05, 0) is 39.3 Å². The lowest BCUT2D eigenvalue weighted by atomic mass is 9.72. The smallest absolute Gasteiger partial charge is 0.342 e. The van der Waals surface area contributed by atoms with E-state index in [9.17, 15) is 49.2 Å². The Labute approximate surface area is 295 Å². The first-order valence-electron chi connectivity index (χ1n) is 16.3. The number of phenolic OH excluding ortho intramolecular Hbond substituents is 2. The average Bonchev–Trinajstić information content (AvgIpc) is 3.34. The summed E-state index contributed by atoms with van der Waals surface area (Å²) >= 11 is 0. The summed E-state index contributed by atoms with van der Waals surface area (Å²) in [5.41, 5.74) is -3.93. The van der Waals surface area contributed by atoms with Crippen LogP contribution in [0.1, 0.15) is 87.5 Å². The van der Waals surface area contributed by atoms with E-state index in [0.717, 1.165) is 6.07 Å². The molecule has 2 heterocycles. The number of methoxy groups -OCH3 is 2. The minimum Gasteiger partial charge on any atom is -0.507 e. The van der Waals surface area contributed by atoms with Crippen LogP contribution in [-0.2, 0) is 42.8 Å². The molecule has 276 valence electrons. The van der Waals surface area contributed by atoms with Gasteiger partial charge in [0.25, 0.3) is 0 Å². The summed E-state index contributed by atoms with van der Waals surface area (Å²) in [6.07, 6.45) is -9.28. The number of rotatable bonds is 9. The second kappa shape index (κ2) is 13.6. The first kappa shape index (κ1) is 36.9. The highest BCUT2D eigenvalue weighted by Gasteiger charge is 2.55. The topological polar surface area (TPSA) is 239 Å². The largest absolute Gasteiger partial charge is 0.507 e. The highest BCUT2D eigenvalue weighted by molar-refractivity contribution is 6.31. The molecule has 8 atom stereocenters. The summed E-state index contributed by atoms with van der Waals surface area (Å²) in [7, 11) is 2.46. The fourth-order valence-corrected chi connectivity index (χ4v) is 7.31. The number of aliphatic hydroxyl groups is 2. The third-order valence-corrected chi connectivity index (χ3v) is 10.0. The van der Waals surface area contributed by atoms with Crippen molar-refractivity contribution in [3.05, 3.63) is 68.8 Å². The summed E-state index contributed by atoms with van der Waals surface area (Å²) in [5, 5.41) is 44.7. The lowest BCUT2D eigenvalue weighted by molar-refractivity contribution is -0.250. The molecule has 1 fully saturated rings. The summed E-state index contributed by atoms with van der Waals surface area (Å²) in [6.45, 7) is 3.67. The van der Waals surface area contributed by atoms with Gasteiger partial charge in [-0.1, -0.05) is 12.1 Å². The first-order chi connectivity index (χ1) is 24.5. The van der Waals surface area contributed by atoms with Crippen LogP contribution in [0.15, 0.2) is 35.4 Å². The number of Topliss-reactive ketones (excluding diaryl/α,β-unsaturated/α-hetero) is 1. The zero-order valence-electron chi connectivity index (χ0n) is 28.7. The van der Waals surface area contributed by atoms with Crippen molar-refractivity contribution in [2.24, 2.45) is 0 Å². The maximum atomic E-state index is 13.7. The van der Waals surface area contributed by atoms with Crippen molar-refractivity contribution in [1.82, 2.24) is 0 Å². The molecule has 16 heteroatoms. The molecule has 2 aromatic rings. The molecule has 2 aliphatic heterocycles. The van der Waals surface area contributed by atoms with Crippen molar-refractivity contribution in [3.8, 4) is 11.5 Å². The number of aromatic hydroxyl groups is 2. The number of carbonyl (C=O) groups excluding carboxylic acids is 6. The summed E-state index contributed by atoms with van der Waals surface area (Å²) in [5.74, 6) is -6.24. The Hall–Kier alpha value is -4.84. The lowest BCUT2D eigenvalue weighted by Crippen LogP contribution is -2.60. The van der Waals surface area contributed by atoms with Crippen LogP contribution in [0.3, 0.4) is 0 Å².